The second-order valence-electron chi connectivity index (χ2n) is 5.28. The van der Waals surface area contributed by atoms with E-state index in [0.29, 0.717) is 6.42 Å². The van der Waals surface area contributed by atoms with Gasteiger partial charge in [-0.05, 0) is 36.5 Å². The molecule has 1 unspecified atom stereocenters. The van der Waals surface area contributed by atoms with Gasteiger partial charge in [-0.2, -0.15) is 11.8 Å². The molecule has 1 atom stereocenters. The maximum absolute atomic E-state index is 12.5. The van der Waals surface area contributed by atoms with E-state index in [1.54, 1.807) is 0 Å². The Morgan fingerprint density at radius 3 is 3.00 bits per heavy atom. The lowest BCUT2D eigenvalue weighted by Crippen LogP contribution is -2.48. The number of thioether (sulfide) groups is 1. The van der Waals surface area contributed by atoms with E-state index < -0.39 is 0 Å². The van der Waals surface area contributed by atoms with E-state index in [9.17, 15) is 4.79 Å². The molecule has 116 valence electrons. The molecule has 0 radical (unpaired) electrons. The fourth-order valence-corrected chi connectivity index (χ4v) is 3.45. The highest BCUT2D eigenvalue weighted by molar-refractivity contribution is 7.98. The number of carbonyl (C=O) groups excluding carboxylic acids is 1. The van der Waals surface area contributed by atoms with Crippen LogP contribution in [0.1, 0.15) is 30.9 Å². The van der Waals surface area contributed by atoms with Gasteiger partial charge in [0.15, 0.2) is 0 Å². The number of halogens is 1. The average Bonchev–Trinajstić information content (AvgIpc) is 2.52. The van der Waals surface area contributed by atoms with Gasteiger partial charge < -0.3 is 10.2 Å². The van der Waals surface area contributed by atoms with Crippen LogP contribution in [-0.4, -0.2) is 42.4 Å². The molecular formula is C16H23ClN2OS. The molecule has 0 saturated carbocycles. The molecule has 1 aromatic carbocycles. The second-order valence-corrected chi connectivity index (χ2v) is 6.67. The van der Waals surface area contributed by atoms with Crippen LogP contribution in [0.2, 0.25) is 5.02 Å². The van der Waals surface area contributed by atoms with Gasteiger partial charge in [-0.1, -0.05) is 29.8 Å². The first-order valence-electron chi connectivity index (χ1n) is 7.47. The third-order valence-corrected chi connectivity index (χ3v) is 4.86. The fraction of sp³-hybridized carbons (Fsp3) is 0.562. The molecule has 2 rings (SSSR count). The predicted molar refractivity (Wildman–Crippen MR) is 91.0 cm³/mol. The number of amides is 1. The lowest BCUT2D eigenvalue weighted by Gasteiger charge is -2.37. The lowest BCUT2D eigenvalue weighted by atomic mass is 10.0. The van der Waals surface area contributed by atoms with Crippen molar-refractivity contribution in [3.8, 4) is 0 Å². The molecule has 1 aliphatic rings. The highest BCUT2D eigenvalue weighted by Crippen LogP contribution is 2.29. The fourth-order valence-electron chi connectivity index (χ4n) is 2.69. The van der Waals surface area contributed by atoms with Crippen molar-refractivity contribution in [3.05, 3.63) is 34.9 Å². The Kier molecular flexibility index (Phi) is 6.87. The SMILES string of the molecule is CSCCCCC(=O)N1CCNCC1c1ccccc1Cl. The number of rotatable bonds is 6. The molecule has 1 N–H and O–H groups in total. The van der Waals surface area contributed by atoms with E-state index in [1.807, 2.05) is 40.9 Å². The van der Waals surface area contributed by atoms with Gasteiger partial charge in [0.2, 0.25) is 5.91 Å². The molecule has 0 aromatic heterocycles. The molecule has 3 nitrogen and oxygen atoms in total. The predicted octanol–water partition coefficient (Wildman–Crippen LogP) is 3.35. The second kappa shape index (κ2) is 8.66. The molecule has 0 aliphatic carbocycles. The summed E-state index contributed by atoms with van der Waals surface area (Å²) in [5.41, 5.74) is 1.05. The highest BCUT2D eigenvalue weighted by atomic mass is 35.5. The van der Waals surface area contributed by atoms with Crippen molar-refractivity contribution >= 4 is 29.3 Å². The number of carbonyl (C=O) groups is 1. The summed E-state index contributed by atoms with van der Waals surface area (Å²) < 4.78 is 0. The lowest BCUT2D eigenvalue weighted by molar-refractivity contribution is -0.134. The molecule has 21 heavy (non-hydrogen) atoms. The van der Waals surface area contributed by atoms with Crippen LogP contribution in [0.5, 0.6) is 0 Å². The Morgan fingerprint density at radius 1 is 1.43 bits per heavy atom. The van der Waals surface area contributed by atoms with Crippen molar-refractivity contribution in [3.63, 3.8) is 0 Å². The molecule has 0 bridgehead atoms. The molecular weight excluding hydrogens is 304 g/mol. The molecule has 1 aromatic rings. The number of piperazine rings is 1. The molecule has 1 fully saturated rings. The van der Waals surface area contributed by atoms with Crippen LogP contribution in [0.3, 0.4) is 0 Å². The van der Waals surface area contributed by atoms with Crippen molar-refractivity contribution in [2.24, 2.45) is 0 Å². The van der Waals surface area contributed by atoms with E-state index in [0.717, 1.165) is 48.8 Å². The zero-order valence-corrected chi connectivity index (χ0v) is 14.1. The van der Waals surface area contributed by atoms with Crippen molar-refractivity contribution in [1.82, 2.24) is 10.2 Å². The summed E-state index contributed by atoms with van der Waals surface area (Å²) in [6, 6.07) is 7.88. The van der Waals surface area contributed by atoms with Crippen LogP contribution in [0.4, 0.5) is 0 Å². The Balaban J connectivity index is 2.02. The Hall–Kier alpha value is -0.710. The van der Waals surface area contributed by atoms with Crippen LogP contribution >= 0.6 is 23.4 Å². The quantitative estimate of drug-likeness (QED) is 0.814. The van der Waals surface area contributed by atoms with E-state index in [2.05, 4.69) is 11.6 Å². The van der Waals surface area contributed by atoms with Gasteiger partial charge in [0.25, 0.3) is 0 Å². The summed E-state index contributed by atoms with van der Waals surface area (Å²) in [6.45, 7) is 2.40. The number of nitrogens with one attached hydrogen (secondary N) is 1. The summed E-state index contributed by atoms with van der Waals surface area (Å²) in [6.07, 6.45) is 4.82. The topological polar surface area (TPSA) is 32.3 Å². The smallest absolute Gasteiger partial charge is 0.223 e. The monoisotopic (exact) mass is 326 g/mol. The third-order valence-electron chi connectivity index (χ3n) is 3.82. The number of hydrogen-bond acceptors (Lipinski definition) is 3. The Morgan fingerprint density at radius 2 is 2.24 bits per heavy atom. The molecule has 1 heterocycles. The minimum absolute atomic E-state index is 0.0560. The zero-order chi connectivity index (χ0) is 15.1. The van der Waals surface area contributed by atoms with Crippen LogP contribution in [0, 0.1) is 0 Å². The number of benzene rings is 1. The van der Waals surface area contributed by atoms with Crippen molar-refractivity contribution in [2.45, 2.75) is 25.3 Å². The number of unbranched alkanes of at least 4 members (excludes halogenated alkanes) is 1. The normalized spacial score (nSPS) is 18.8. The minimum Gasteiger partial charge on any atom is -0.333 e. The van der Waals surface area contributed by atoms with Gasteiger partial charge in [-0.25, -0.2) is 0 Å². The van der Waals surface area contributed by atoms with Crippen LogP contribution in [0.15, 0.2) is 24.3 Å². The summed E-state index contributed by atoms with van der Waals surface area (Å²) in [4.78, 5) is 14.5. The van der Waals surface area contributed by atoms with Crippen molar-refractivity contribution < 1.29 is 4.79 Å². The molecule has 1 aliphatic heterocycles. The van der Waals surface area contributed by atoms with Crippen LogP contribution in [-0.2, 0) is 4.79 Å². The third kappa shape index (κ3) is 4.63. The van der Waals surface area contributed by atoms with Gasteiger partial charge >= 0.3 is 0 Å². The van der Waals surface area contributed by atoms with E-state index in [1.165, 1.54) is 0 Å². The highest BCUT2D eigenvalue weighted by Gasteiger charge is 2.28. The summed E-state index contributed by atoms with van der Waals surface area (Å²) >= 11 is 8.14. The van der Waals surface area contributed by atoms with Gasteiger partial charge in [0.05, 0.1) is 6.04 Å². The van der Waals surface area contributed by atoms with Crippen LogP contribution < -0.4 is 5.32 Å². The molecule has 1 amide bonds. The zero-order valence-electron chi connectivity index (χ0n) is 12.5. The summed E-state index contributed by atoms with van der Waals surface area (Å²) in [5, 5.41) is 4.11. The summed E-state index contributed by atoms with van der Waals surface area (Å²) in [7, 11) is 0. The number of nitrogens with zero attached hydrogens (tertiary/aromatic N) is 1. The Bertz CT molecular complexity index is 469. The van der Waals surface area contributed by atoms with Gasteiger partial charge in [0, 0.05) is 31.1 Å². The van der Waals surface area contributed by atoms with E-state index in [4.69, 9.17) is 11.6 Å². The van der Waals surface area contributed by atoms with E-state index >= 15 is 0 Å². The largest absolute Gasteiger partial charge is 0.333 e. The maximum atomic E-state index is 12.5. The van der Waals surface area contributed by atoms with E-state index in [-0.39, 0.29) is 11.9 Å². The first kappa shape index (κ1) is 16.7. The number of hydrogen-bond donors (Lipinski definition) is 1. The minimum atomic E-state index is 0.0560. The molecule has 1 saturated heterocycles. The standard InChI is InChI=1S/C16H23ClN2OS/c1-21-11-5-4-8-16(20)19-10-9-18-12-15(19)13-6-2-3-7-14(13)17/h2-3,6-7,15,18H,4-5,8-12H2,1H3. The average molecular weight is 327 g/mol. The first-order valence-corrected chi connectivity index (χ1v) is 9.24. The molecule has 5 heteroatoms. The molecule has 0 spiro atoms. The van der Waals surface area contributed by atoms with Gasteiger partial charge in [0.1, 0.15) is 0 Å². The summed E-state index contributed by atoms with van der Waals surface area (Å²) in [5.74, 6) is 1.38. The van der Waals surface area contributed by atoms with Crippen molar-refractivity contribution in [1.29, 1.82) is 0 Å². The van der Waals surface area contributed by atoms with Crippen molar-refractivity contribution in [2.75, 3.05) is 31.6 Å². The van der Waals surface area contributed by atoms with Crippen LogP contribution in [0.25, 0.3) is 0 Å². The van der Waals surface area contributed by atoms with Gasteiger partial charge in [-0.3, -0.25) is 4.79 Å². The van der Waals surface area contributed by atoms with Gasteiger partial charge in [-0.15, -0.1) is 0 Å². The Labute approximate surface area is 136 Å². The maximum Gasteiger partial charge on any atom is 0.223 e. The first-order chi connectivity index (χ1) is 10.2.